The SMILES string of the molecule is CCC(C)C(=O)OCCCn1cc[n+](C)c1. The van der Waals surface area contributed by atoms with Gasteiger partial charge >= 0.3 is 5.97 Å². The number of aryl methyl sites for hydroxylation is 2. The van der Waals surface area contributed by atoms with E-state index < -0.39 is 0 Å². The van der Waals surface area contributed by atoms with Crippen LogP contribution in [0.1, 0.15) is 26.7 Å². The van der Waals surface area contributed by atoms with Crippen molar-refractivity contribution in [2.75, 3.05) is 6.61 Å². The molecule has 16 heavy (non-hydrogen) atoms. The quantitative estimate of drug-likeness (QED) is 0.415. The van der Waals surface area contributed by atoms with Gasteiger partial charge in [-0.3, -0.25) is 4.79 Å². The Bertz CT molecular complexity index is 334. The Morgan fingerprint density at radius 3 is 2.88 bits per heavy atom. The molecule has 4 heteroatoms. The van der Waals surface area contributed by atoms with Crippen molar-refractivity contribution in [3.05, 3.63) is 18.7 Å². The van der Waals surface area contributed by atoms with E-state index in [0.717, 1.165) is 19.4 Å². The predicted octanol–water partition coefficient (Wildman–Crippen LogP) is 1.29. The Kier molecular flexibility index (Phi) is 5.02. The molecule has 1 aromatic heterocycles. The third kappa shape index (κ3) is 4.04. The maximum Gasteiger partial charge on any atom is 0.308 e. The minimum atomic E-state index is -0.0828. The van der Waals surface area contributed by atoms with Gasteiger partial charge in [0.05, 0.1) is 26.1 Å². The van der Waals surface area contributed by atoms with E-state index in [1.54, 1.807) is 0 Å². The summed E-state index contributed by atoms with van der Waals surface area (Å²) in [6.07, 6.45) is 7.71. The predicted molar refractivity (Wildman–Crippen MR) is 60.6 cm³/mol. The van der Waals surface area contributed by atoms with Crippen LogP contribution in [0.5, 0.6) is 0 Å². The van der Waals surface area contributed by atoms with Crippen molar-refractivity contribution in [1.82, 2.24) is 4.57 Å². The molecule has 0 aliphatic rings. The lowest BCUT2D eigenvalue weighted by atomic mass is 10.1. The first kappa shape index (κ1) is 12.7. The Morgan fingerprint density at radius 2 is 2.31 bits per heavy atom. The van der Waals surface area contributed by atoms with Gasteiger partial charge in [0.15, 0.2) is 0 Å². The third-order valence-electron chi connectivity index (χ3n) is 2.64. The minimum absolute atomic E-state index is 0.0179. The second-order valence-electron chi connectivity index (χ2n) is 4.15. The molecule has 0 aromatic carbocycles. The fourth-order valence-corrected chi connectivity index (χ4v) is 1.36. The zero-order chi connectivity index (χ0) is 12.0. The number of imidazole rings is 1. The van der Waals surface area contributed by atoms with E-state index in [9.17, 15) is 4.79 Å². The highest BCUT2D eigenvalue weighted by Crippen LogP contribution is 2.03. The molecule has 0 saturated carbocycles. The lowest BCUT2D eigenvalue weighted by Gasteiger charge is -2.08. The lowest BCUT2D eigenvalue weighted by molar-refractivity contribution is -0.671. The Hall–Kier alpha value is -1.32. The van der Waals surface area contributed by atoms with Crippen LogP contribution >= 0.6 is 0 Å². The van der Waals surface area contributed by atoms with Gasteiger partial charge in [0.1, 0.15) is 12.4 Å². The second kappa shape index (κ2) is 6.30. The van der Waals surface area contributed by atoms with E-state index >= 15 is 0 Å². The van der Waals surface area contributed by atoms with Crippen LogP contribution in [0.4, 0.5) is 0 Å². The van der Waals surface area contributed by atoms with Crippen molar-refractivity contribution in [1.29, 1.82) is 0 Å². The van der Waals surface area contributed by atoms with E-state index in [-0.39, 0.29) is 11.9 Å². The topological polar surface area (TPSA) is 35.1 Å². The number of aromatic nitrogens is 2. The molecule has 4 nitrogen and oxygen atoms in total. The molecule has 0 fully saturated rings. The number of ether oxygens (including phenoxy) is 1. The maximum atomic E-state index is 11.4. The summed E-state index contributed by atoms with van der Waals surface area (Å²) in [5.74, 6) is -0.0649. The molecule has 0 bridgehead atoms. The summed E-state index contributed by atoms with van der Waals surface area (Å²) in [4.78, 5) is 11.4. The minimum Gasteiger partial charge on any atom is -0.465 e. The summed E-state index contributed by atoms with van der Waals surface area (Å²) < 4.78 is 9.24. The first-order valence-corrected chi connectivity index (χ1v) is 5.81. The summed E-state index contributed by atoms with van der Waals surface area (Å²) in [5.41, 5.74) is 0. The fraction of sp³-hybridized carbons (Fsp3) is 0.667. The van der Waals surface area contributed by atoms with Gasteiger partial charge in [-0.15, -0.1) is 0 Å². The molecule has 0 aliphatic carbocycles. The Labute approximate surface area is 96.8 Å². The third-order valence-corrected chi connectivity index (χ3v) is 2.64. The van der Waals surface area contributed by atoms with Crippen LogP contribution in [0.3, 0.4) is 0 Å². The molecule has 1 unspecified atom stereocenters. The summed E-state index contributed by atoms with van der Waals surface area (Å²) in [6, 6.07) is 0. The summed E-state index contributed by atoms with van der Waals surface area (Å²) in [7, 11) is 1.99. The monoisotopic (exact) mass is 225 g/mol. The summed E-state index contributed by atoms with van der Waals surface area (Å²) in [6.45, 7) is 5.28. The van der Waals surface area contributed by atoms with Gasteiger partial charge in [-0.1, -0.05) is 13.8 Å². The zero-order valence-electron chi connectivity index (χ0n) is 10.3. The van der Waals surface area contributed by atoms with E-state index in [0.29, 0.717) is 6.61 Å². The fourth-order valence-electron chi connectivity index (χ4n) is 1.36. The normalized spacial score (nSPS) is 12.4. The molecule has 1 heterocycles. The molecule has 90 valence electrons. The lowest BCUT2D eigenvalue weighted by Crippen LogP contribution is -2.23. The molecule has 1 aromatic rings. The van der Waals surface area contributed by atoms with Crippen LogP contribution in [0.15, 0.2) is 18.7 Å². The van der Waals surface area contributed by atoms with Crippen LogP contribution in [0.25, 0.3) is 0 Å². The number of hydrogen-bond donors (Lipinski definition) is 0. The first-order chi connectivity index (χ1) is 7.63. The van der Waals surface area contributed by atoms with Gasteiger partial charge in [0, 0.05) is 6.42 Å². The number of nitrogens with zero attached hydrogens (tertiary/aromatic N) is 2. The number of carbonyl (C=O) groups excluding carboxylic acids is 1. The average Bonchev–Trinajstić information content (AvgIpc) is 2.69. The van der Waals surface area contributed by atoms with Crippen molar-refractivity contribution in [3.63, 3.8) is 0 Å². The Morgan fingerprint density at radius 1 is 1.56 bits per heavy atom. The van der Waals surface area contributed by atoms with Crippen LogP contribution < -0.4 is 4.57 Å². The zero-order valence-corrected chi connectivity index (χ0v) is 10.3. The average molecular weight is 225 g/mol. The highest BCUT2D eigenvalue weighted by Gasteiger charge is 2.11. The van der Waals surface area contributed by atoms with Gasteiger partial charge in [-0.2, -0.15) is 0 Å². The van der Waals surface area contributed by atoms with Crippen molar-refractivity contribution in [3.8, 4) is 0 Å². The van der Waals surface area contributed by atoms with E-state index in [1.165, 1.54) is 0 Å². The Balaban J connectivity index is 2.15. The van der Waals surface area contributed by atoms with Crippen LogP contribution in [0.2, 0.25) is 0 Å². The first-order valence-electron chi connectivity index (χ1n) is 5.81. The number of carbonyl (C=O) groups is 1. The van der Waals surface area contributed by atoms with Crippen LogP contribution in [0, 0.1) is 5.92 Å². The van der Waals surface area contributed by atoms with E-state index in [4.69, 9.17) is 4.74 Å². The molecular formula is C12H21N2O2+. The van der Waals surface area contributed by atoms with Crippen molar-refractivity contribution in [2.24, 2.45) is 13.0 Å². The van der Waals surface area contributed by atoms with Crippen molar-refractivity contribution in [2.45, 2.75) is 33.2 Å². The van der Waals surface area contributed by atoms with Crippen LogP contribution in [-0.4, -0.2) is 17.1 Å². The number of rotatable bonds is 6. The van der Waals surface area contributed by atoms with E-state index in [2.05, 4.69) is 4.57 Å². The number of hydrogen-bond acceptors (Lipinski definition) is 2. The highest BCUT2D eigenvalue weighted by molar-refractivity contribution is 5.71. The van der Waals surface area contributed by atoms with Gasteiger partial charge < -0.3 is 4.74 Å². The summed E-state index contributed by atoms with van der Waals surface area (Å²) >= 11 is 0. The molecule has 1 rings (SSSR count). The molecular weight excluding hydrogens is 204 g/mol. The molecule has 0 saturated heterocycles. The van der Waals surface area contributed by atoms with Gasteiger partial charge in [0.25, 0.3) is 0 Å². The van der Waals surface area contributed by atoms with E-state index in [1.807, 2.05) is 44.2 Å². The maximum absolute atomic E-state index is 11.4. The van der Waals surface area contributed by atoms with Crippen molar-refractivity contribution < 1.29 is 14.1 Å². The molecule has 0 aliphatic heterocycles. The van der Waals surface area contributed by atoms with Gasteiger partial charge in [-0.05, 0) is 6.42 Å². The highest BCUT2D eigenvalue weighted by atomic mass is 16.5. The largest absolute Gasteiger partial charge is 0.465 e. The molecule has 0 radical (unpaired) electrons. The number of esters is 1. The summed E-state index contributed by atoms with van der Waals surface area (Å²) in [5, 5.41) is 0. The van der Waals surface area contributed by atoms with Gasteiger partial charge in [-0.25, -0.2) is 9.13 Å². The molecule has 0 spiro atoms. The molecule has 0 N–H and O–H groups in total. The van der Waals surface area contributed by atoms with Crippen LogP contribution in [-0.2, 0) is 23.1 Å². The standard InChI is InChI=1S/C12H21N2O2/c1-4-11(2)12(15)16-9-5-6-14-8-7-13(3)10-14/h7-8,10-11H,4-6,9H2,1-3H3/q+1. The smallest absolute Gasteiger partial charge is 0.308 e. The molecule has 0 amide bonds. The second-order valence-corrected chi connectivity index (χ2v) is 4.15. The molecule has 1 atom stereocenters. The van der Waals surface area contributed by atoms with Crippen molar-refractivity contribution >= 4 is 5.97 Å². The van der Waals surface area contributed by atoms with Gasteiger partial charge in [0.2, 0.25) is 6.33 Å².